The molecule has 0 radical (unpaired) electrons. The molecule has 14 nitrogen and oxygen atoms in total. The van der Waals surface area contributed by atoms with Crippen molar-refractivity contribution in [3.8, 4) is 11.3 Å². The summed E-state index contributed by atoms with van der Waals surface area (Å²) in [4.78, 5) is 38.4. The van der Waals surface area contributed by atoms with Crippen LogP contribution in [0.1, 0.15) is 16.8 Å². The fourth-order valence-electron chi connectivity index (χ4n) is 5.13. The number of nitro groups is 1. The van der Waals surface area contributed by atoms with Gasteiger partial charge in [0.25, 0.3) is 5.91 Å². The first-order valence-corrected chi connectivity index (χ1v) is 13.9. The van der Waals surface area contributed by atoms with Gasteiger partial charge in [-0.3, -0.25) is 4.79 Å². The summed E-state index contributed by atoms with van der Waals surface area (Å²) < 4.78 is 9.01. The van der Waals surface area contributed by atoms with Crippen LogP contribution in [0.15, 0.2) is 67.3 Å². The van der Waals surface area contributed by atoms with Crippen LogP contribution in [-0.4, -0.2) is 73.0 Å². The van der Waals surface area contributed by atoms with Gasteiger partial charge < -0.3 is 35.0 Å². The summed E-state index contributed by atoms with van der Waals surface area (Å²) in [5.41, 5.74) is 5.01. The van der Waals surface area contributed by atoms with E-state index in [2.05, 4.69) is 53.5 Å². The molecule has 0 bridgehead atoms. The summed E-state index contributed by atoms with van der Waals surface area (Å²) in [5.74, 6) is -0.214. The Kier molecular flexibility index (Phi) is 7.91. The van der Waals surface area contributed by atoms with Crippen LogP contribution < -0.4 is 15.5 Å². The first-order chi connectivity index (χ1) is 21.0. The van der Waals surface area contributed by atoms with Crippen molar-refractivity contribution in [1.29, 1.82) is 0 Å². The van der Waals surface area contributed by atoms with Gasteiger partial charge in [0.2, 0.25) is 12.3 Å². The smallest absolute Gasteiger partial charge is 0.390 e. The minimum Gasteiger partial charge on any atom is -0.390 e. The number of amides is 1. The number of ether oxygens (including phenoxy) is 1. The highest BCUT2D eigenvalue weighted by Crippen LogP contribution is 2.31. The zero-order chi connectivity index (χ0) is 29.8. The van der Waals surface area contributed by atoms with E-state index >= 15 is 0 Å². The summed E-state index contributed by atoms with van der Waals surface area (Å²) in [5, 5.41) is 22.0. The Morgan fingerprint density at radius 1 is 1.12 bits per heavy atom. The van der Waals surface area contributed by atoms with Crippen LogP contribution in [0.5, 0.6) is 0 Å². The maximum Gasteiger partial charge on any atom is 0.490 e. The van der Waals surface area contributed by atoms with Crippen LogP contribution in [0.3, 0.4) is 0 Å². The van der Waals surface area contributed by atoms with Gasteiger partial charge in [0.15, 0.2) is 0 Å². The first kappa shape index (κ1) is 27.8. The summed E-state index contributed by atoms with van der Waals surface area (Å²) in [6.07, 6.45) is 5.64. The van der Waals surface area contributed by atoms with E-state index < -0.39 is 10.9 Å². The van der Waals surface area contributed by atoms with Crippen molar-refractivity contribution < 1.29 is 14.5 Å². The van der Waals surface area contributed by atoms with Gasteiger partial charge in [-0.25, -0.2) is 9.97 Å². The number of hydrogen-bond donors (Lipinski definition) is 2. The first-order valence-electron chi connectivity index (χ1n) is 13.9. The summed E-state index contributed by atoms with van der Waals surface area (Å²) in [6.45, 7) is 3.20. The molecular weight excluding hydrogens is 552 g/mol. The number of para-hydroxylation sites is 1. The Balaban J connectivity index is 1.18. The van der Waals surface area contributed by atoms with Crippen LogP contribution in [-0.2, 0) is 18.3 Å². The quantitative estimate of drug-likeness (QED) is 0.142. The normalized spacial score (nSPS) is 13.3. The zero-order valence-electron chi connectivity index (χ0n) is 23.5. The van der Waals surface area contributed by atoms with Crippen molar-refractivity contribution in [2.75, 3.05) is 43.1 Å². The van der Waals surface area contributed by atoms with Crippen molar-refractivity contribution in [3.05, 3.63) is 82.9 Å². The summed E-state index contributed by atoms with van der Waals surface area (Å²) in [7, 11) is 2.02. The van der Waals surface area contributed by atoms with Gasteiger partial charge in [-0.15, -0.1) is 0 Å². The highest BCUT2D eigenvalue weighted by atomic mass is 16.6. The molecule has 5 aromatic rings. The maximum absolute atomic E-state index is 13.3. The number of aryl methyl sites for hydroxylation is 2. The number of morpholine rings is 1. The second kappa shape index (κ2) is 12.2. The molecule has 43 heavy (non-hydrogen) atoms. The molecule has 0 aliphatic carbocycles. The van der Waals surface area contributed by atoms with Crippen LogP contribution >= 0.6 is 0 Å². The van der Waals surface area contributed by atoms with Gasteiger partial charge in [-0.2, -0.15) is 4.68 Å². The molecule has 3 aromatic heterocycles. The fourth-order valence-corrected chi connectivity index (χ4v) is 5.13. The molecule has 0 atom stereocenters. The number of carbonyl (C=O) groups excluding carboxylic acids is 1. The van der Waals surface area contributed by atoms with Gasteiger partial charge in [-0.05, 0) is 41.7 Å². The van der Waals surface area contributed by atoms with E-state index in [-0.39, 0.29) is 5.91 Å². The van der Waals surface area contributed by atoms with E-state index in [9.17, 15) is 14.9 Å². The predicted octanol–water partition coefficient (Wildman–Crippen LogP) is 3.54. The molecule has 1 fully saturated rings. The number of hydrogen-bond acceptors (Lipinski definition) is 10. The Labute approximate surface area is 246 Å². The third-order valence-corrected chi connectivity index (χ3v) is 7.22. The molecule has 4 heterocycles. The Morgan fingerprint density at radius 2 is 1.95 bits per heavy atom. The third kappa shape index (κ3) is 6.13. The lowest BCUT2D eigenvalue weighted by Gasteiger charge is -2.30. The van der Waals surface area contributed by atoms with E-state index in [4.69, 9.17) is 9.72 Å². The molecule has 2 aromatic carbocycles. The van der Waals surface area contributed by atoms with Gasteiger partial charge in [-0.1, -0.05) is 23.2 Å². The van der Waals surface area contributed by atoms with E-state index in [0.717, 1.165) is 33.5 Å². The predicted molar refractivity (Wildman–Crippen MR) is 160 cm³/mol. The third-order valence-electron chi connectivity index (χ3n) is 7.22. The van der Waals surface area contributed by atoms with Crippen LogP contribution in [0.25, 0.3) is 22.2 Å². The number of fused-ring (bicyclic) bond motifs is 1. The maximum atomic E-state index is 13.3. The lowest BCUT2D eigenvalue weighted by molar-refractivity contribution is -0.394. The van der Waals surface area contributed by atoms with Crippen molar-refractivity contribution in [2.45, 2.75) is 13.0 Å². The molecule has 1 aliphatic rings. The fraction of sp³-hybridized carbons (Fsp3) is 0.276. The monoisotopic (exact) mass is 582 g/mol. The number of nitrogens with zero attached hydrogens (tertiary/aromatic N) is 8. The molecule has 1 saturated heterocycles. The van der Waals surface area contributed by atoms with Crippen molar-refractivity contribution >= 4 is 40.1 Å². The number of rotatable bonds is 10. The molecule has 0 unspecified atom stereocenters. The molecule has 6 rings (SSSR count). The van der Waals surface area contributed by atoms with E-state index in [1.165, 1.54) is 11.0 Å². The Hall–Kier alpha value is -5.37. The summed E-state index contributed by atoms with van der Waals surface area (Å²) >= 11 is 0. The average Bonchev–Trinajstić information content (AvgIpc) is 3.65. The van der Waals surface area contributed by atoms with Crippen molar-refractivity contribution in [2.24, 2.45) is 7.05 Å². The standard InChI is InChI=1S/C29H30N10O4/c1-36-18-23(21-5-2-3-6-25(21)36)24-9-11-31-28(34-24)33-20-7-8-22(26(17-20)37-13-15-43-16-14-37)27(40)30-10-4-12-38-19-32-29(35-38)39(41)42/h2-3,5-9,11,17-19H,4,10,12-16H2,1H3,(H,30,40)(H,31,33,34). The molecule has 2 N–H and O–H groups in total. The number of aromatic nitrogens is 6. The van der Waals surface area contributed by atoms with E-state index in [0.29, 0.717) is 57.3 Å². The molecule has 1 amide bonds. The molecule has 220 valence electrons. The number of carbonyl (C=O) groups is 1. The van der Waals surface area contributed by atoms with Gasteiger partial charge >= 0.3 is 5.95 Å². The van der Waals surface area contributed by atoms with Gasteiger partial charge in [0, 0.05) is 66.3 Å². The molecule has 0 saturated carbocycles. The minimum atomic E-state index is -0.641. The van der Waals surface area contributed by atoms with E-state index in [1.54, 1.807) is 12.3 Å². The van der Waals surface area contributed by atoms with Gasteiger partial charge in [0.1, 0.15) is 0 Å². The second-order valence-electron chi connectivity index (χ2n) is 10.1. The topological polar surface area (TPSA) is 158 Å². The average molecular weight is 583 g/mol. The SMILES string of the molecule is Cn1cc(-c2ccnc(Nc3ccc(C(=O)NCCCn4cnc([N+](=O)[O-])n4)c(N4CCOCC4)c3)n2)c2ccccc21. The Bertz CT molecular complexity index is 1780. The van der Waals surface area contributed by atoms with Crippen molar-refractivity contribution in [3.63, 3.8) is 0 Å². The molecular formula is C29H30N10O4. The van der Waals surface area contributed by atoms with Crippen LogP contribution in [0.2, 0.25) is 0 Å². The van der Waals surface area contributed by atoms with Crippen LogP contribution in [0.4, 0.5) is 23.3 Å². The van der Waals surface area contributed by atoms with Gasteiger partial charge in [0.05, 0.1) is 36.7 Å². The Morgan fingerprint density at radius 3 is 2.77 bits per heavy atom. The molecule has 0 spiro atoms. The zero-order valence-corrected chi connectivity index (χ0v) is 23.5. The number of nitrogens with one attached hydrogen (secondary N) is 2. The largest absolute Gasteiger partial charge is 0.490 e. The molecule has 14 heteroatoms. The second-order valence-corrected chi connectivity index (χ2v) is 10.1. The number of benzene rings is 2. The van der Waals surface area contributed by atoms with Crippen molar-refractivity contribution in [1.82, 2.24) is 34.6 Å². The highest BCUT2D eigenvalue weighted by molar-refractivity contribution is 6.00. The number of anilines is 3. The lowest BCUT2D eigenvalue weighted by atomic mass is 10.1. The lowest BCUT2D eigenvalue weighted by Crippen LogP contribution is -2.38. The minimum absolute atomic E-state index is 0.216. The molecule has 1 aliphatic heterocycles. The van der Waals surface area contributed by atoms with E-state index in [1.807, 2.05) is 37.4 Å². The summed E-state index contributed by atoms with van der Waals surface area (Å²) in [6, 6.07) is 15.6. The van der Waals surface area contributed by atoms with Crippen LogP contribution in [0, 0.1) is 10.1 Å². The highest BCUT2D eigenvalue weighted by Gasteiger charge is 2.20.